The number of hydrogen-bond donors (Lipinski definition) is 4. The summed E-state index contributed by atoms with van der Waals surface area (Å²) in [5.41, 5.74) is 0. The maximum absolute atomic E-state index is 12.4. The van der Waals surface area contributed by atoms with E-state index in [0.29, 0.717) is 39.0 Å². The van der Waals surface area contributed by atoms with Gasteiger partial charge in [-0.3, -0.25) is 14.4 Å². The fourth-order valence-electron chi connectivity index (χ4n) is 8.43. The second-order valence-corrected chi connectivity index (χ2v) is 19.6. The Morgan fingerprint density at radius 2 is 0.591 bits per heavy atom. The molecule has 0 atom stereocenters. The first-order chi connectivity index (χ1) is 32.4. The van der Waals surface area contributed by atoms with E-state index in [1.54, 1.807) is 7.11 Å². The van der Waals surface area contributed by atoms with Gasteiger partial charge in [0.2, 0.25) is 17.7 Å². The lowest BCUT2D eigenvalue weighted by Gasteiger charge is -2.21. The summed E-state index contributed by atoms with van der Waals surface area (Å²) in [4.78, 5) is 38.5. The summed E-state index contributed by atoms with van der Waals surface area (Å²) >= 11 is 0. The van der Waals surface area contributed by atoms with Gasteiger partial charge in [0, 0.05) is 72.2 Å². The molecule has 0 unspecified atom stereocenters. The number of nitrogens with zero attached hydrogens (tertiary/aromatic N) is 1. The molecule has 394 valence electrons. The van der Waals surface area contributed by atoms with Gasteiger partial charge >= 0.3 is 0 Å². The summed E-state index contributed by atoms with van der Waals surface area (Å²) in [6.45, 7) is 15.9. The van der Waals surface area contributed by atoms with Crippen LogP contribution in [0.1, 0.15) is 285 Å². The van der Waals surface area contributed by atoms with Crippen molar-refractivity contribution >= 4 is 17.7 Å². The van der Waals surface area contributed by atoms with Crippen molar-refractivity contribution in [1.82, 2.24) is 26.2 Å². The number of carbonyl (C=O) groups excluding carboxylic acids is 3. The van der Waals surface area contributed by atoms with Crippen LogP contribution in [0.25, 0.3) is 0 Å². The molecule has 0 saturated heterocycles. The molecule has 9 heteroatoms. The number of ether oxygens (including phenoxy) is 1. The lowest BCUT2D eigenvalue weighted by Crippen LogP contribution is -2.36. The summed E-state index contributed by atoms with van der Waals surface area (Å²) in [5.74, 6) is 0.417. The quantitative estimate of drug-likeness (QED) is 0.0452. The van der Waals surface area contributed by atoms with E-state index in [9.17, 15) is 14.4 Å². The molecular weight excluding hydrogens is 819 g/mol. The summed E-state index contributed by atoms with van der Waals surface area (Å²) in [6, 6.07) is 0. The summed E-state index contributed by atoms with van der Waals surface area (Å²) in [6.07, 6.45) is 50.9. The highest BCUT2D eigenvalue weighted by molar-refractivity contribution is 5.77. The number of nitrogens with one attached hydrogen (secondary N) is 4. The summed E-state index contributed by atoms with van der Waals surface area (Å²) in [7, 11) is 1.70. The zero-order chi connectivity index (χ0) is 48.5. The van der Waals surface area contributed by atoms with E-state index in [4.69, 9.17) is 4.74 Å². The first kappa shape index (κ1) is 66.4. The molecule has 0 aliphatic carbocycles. The molecule has 0 aromatic heterocycles. The summed E-state index contributed by atoms with van der Waals surface area (Å²) in [5, 5.41) is 12.4. The van der Waals surface area contributed by atoms with Crippen molar-refractivity contribution in [2.75, 3.05) is 66.1 Å². The first-order valence-corrected chi connectivity index (χ1v) is 29.2. The average Bonchev–Trinajstić information content (AvgIpc) is 3.32. The molecular formula is C57H117N5O4. The van der Waals surface area contributed by atoms with E-state index < -0.39 is 0 Å². The third-order valence-electron chi connectivity index (χ3n) is 12.9. The maximum atomic E-state index is 12.4. The largest absolute Gasteiger partial charge is 0.383 e. The third-order valence-corrected chi connectivity index (χ3v) is 12.9. The normalized spacial score (nSPS) is 11.2. The fraction of sp³-hybridized carbons (Fsp3) is 0.947. The molecule has 0 spiro atoms. The van der Waals surface area contributed by atoms with Crippen LogP contribution in [0.5, 0.6) is 0 Å². The van der Waals surface area contributed by atoms with Crippen LogP contribution >= 0.6 is 0 Å². The molecule has 0 heterocycles. The van der Waals surface area contributed by atoms with Gasteiger partial charge in [-0.05, 0) is 32.2 Å². The smallest absolute Gasteiger partial charge is 0.221 e. The minimum Gasteiger partial charge on any atom is -0.383 e. The number of amides is 3. The number of unbranched alkanes of at least 4 members (excludes halogenated alkanes) is 33. The van der Waals surface area contributed by atoms with Crippen LogP contribution < -0.4 is 21.3 Å². The predicted octanol–water partition coefficient (Wildman–Crippen LogP) is 14.5. The Hall–Kier alpha value is -1.71. The van der Waals surface area contributed by atoms with Crippen molar-refractivity contribution in [2.24, 2.45) is 0 Å². The molecule has 0 rings (SSSR count). The van der Waals surface area contributed by atoms with E-state index in [2.05, 4.69) is 53.9 Å². The number of rotatable bonds is 53. The van der Waals surface area contributed by atoms with Gasteiger partial charge < -0.3 is 30.9 Å². The van der Waals surface area contributed by atoms with Crippen LogP contribution in [0, 0.1) is 0 Å². The Kier molecular flexibility index (Phi) is 59.7. The Labute approximate surface area is 412 Å². The highest BCUT2D eigenvalue weighted by Crippen LogP contribution is 2.14. The maximum Gasteiger partial charge on any atom is 0.221 e. The Balaban J connectivity index is 0. The second-order valence-electron chi connectivity index (χ2n) is 19.6. The molecule has 0 radical (unpaired) electrons. The average molecular weight is 937 g/mol. The van der Waals surface area contributed by atoms with E-state index in [0.717, 1.165) is 65.0 Å². The van der Waals surface area contributed by atoms with E-state index >= 15 is 0 Å². The Morgan fingerprint density at radius 1 is 0.318 bits per heavy atom. The van der Waals surface area contributed by atoms with Crippen LogP contribution in [-0.2, 0) is 19.1 Å². The van der Waals surface area contributed by atoms with Crippen LogP contribution in [-0.4, -0.2) is 88.7 Å². The highest BCUT2D eigenvalue weighted by atomic mass is 16.5. The minimum absolute atomic E-state index is 0.113. The van der Waals surface area contributed by atoms with Gasteiger partial charge in [0.05, 0.1) is 6.61 Å². The Bertz CT molecular complexity index is 923. The topological polar surface area (TPSA) is 112 Å². The van der Waals surface area contributed by atoms with Gasteiger partial charge in [-0.2, -0.15) is 0 Å². The molecule has 3 amide bonds. The van der Waals surface area contributed by atoms with Crippen molar-refractivity contribution in [3.8, 4) is 0 Å². The standard InChI is InChI=1S/C37H75N3O3.C20H42N2O/c1-4-6-8-10-12-14-16-18-20-22-24-26-30-38-36(41)28-32-40(34-35-43-3)33-29-37(42)39-31-27-25-23-21-19-17-15-13-11-9-7-5-2;1-3-5-6-7-8-9-10-11-12-13-14-15-18-22-20(23)16-19-21-17-4-2/h4-35H2,1-3H3,(H,38,41)(H,39,42);21H,3-19H2,1-2H3,(H,22,23). The van der Waals surface area contributed by atoms with Gasteiger partial charge in [0.1, 0.15) is 0 Å². The third kappa shape index (κ3) is 58.4. The Morgan fingerprint density at radius 3 is 0.864 bits per heavy atom. The van der Waals surface area contributed by atoms with E-state index in [1.807, 2.05) is 0 Å². The summed E-state index contributed by atoms with van der Waals surface area (Å²) < 4.78 is 5.25. The molecule has 0 aromatic rings. The number of methoxy groups -OCH3 is 1. The molecule has 0 bridgehead atoms. The van der Waals surface area contributed by atoms with Gasteiger partial charge in [-0.15, -0.1) is 0 Å². The zero-order valence-corrected chi connectivity index (χ0v) is 45.2. The fourth-order valence-corrected chi connectivity index (χ4v) is 8.43. The van der Waals surface area contributed by atoms with Gasteiger partial charge in [-0.1, -0.05) is 240 Å². The zero-order valence-electron chi connectivity index (χ0n) is 45.2. The van der Waals surface area contributed by atoms with Crippen molar-refractivity contribution in [2.45, 2.75) is 285 Å². The second kappa shape index (κ2) is 59.4. The lowest BCUT2D eigenvalue weighted by molar-refractivity contribution is -0.122. The van der Waals surface area contributed by atoms with Crippen LogP contribution in [0.3, 0.4) is 0 Å². The van der Waals surface area contributed by atoms with E-state index in [1.165, 1.54) is 212 Å². The molecule has 0 saturated carbocycles. The van der Waals surface area contributed by atoms with Gasteiger partial charge in [-0.25, -0.2) is 0 Å². The van der Waals surface area contributed by atoms with Crippen LogP contribution in [0.2, 0.25) is 0 Å². The molecule has 0 aromatic carbocycles. The van der Waals surface area contributed by atoms with Gasteiger partial charge in [0.25, 0.3) is 0 Å². The molecule has 4 N–H and O–H groups in total. The molecule has 0 fully saturated rings. The SMILES string of the molecule is CCCCCCCCCCCCCCNC(=O)CCN(CCOC)CCC(=O)NCCCCCCCCCCCCCC.CCCCCCCCCCCCCCNC(=O)CCNCCC. The monoisotopic (exact) mass is 936 g/mol. The van der Waals surface area contributed by atoms with Crippen molar-refractivity contribution in [3.05, 3.63) is 0 Å². The molecule has 66 heavy (non-hydrogen) atoms. The number of carbonyl (C=O) groups is 3. The first-order valence-electron chi connectivity index (χ1n) is 29.2. The minimum atomic E-state index is 0.113. The van der Waals surface area contributed by atoms with Crippen LogP contribution in [0.4, 0.5) is 0 Å². The predicted molar refractivity (Wildman–Crippen MR) is 288 cm³/mol. The highest BCUT2D eigenvalue weighted by Gasteiger charge is 2.11. The van der Waals surface area contributed by atoms with Gasteiger partial charge in [0.15, 0.2) is 0 Å². The van der Waals surface area contributed by atoms with Crippen molar-refractivity contribution in [1.29, 1.82) is 0 Å². The van der Waals surface area contributed by atoms with Crippen LogP contribution in [0.15, 0.2) is 0 Å². The molecule has 9 nitrogen and oxygen atoms in total. The molecule has 0 aliphatic rings. The molecule has 0 aliphatic heterocycles. The van der Waals surface area contributed by atoms with Crippen molar-refractivity contribution < 1.29 is 19.1 Å². The van der Waals surface area contributed by atoms with E-state index in [-0.39, 0.29) is 17.7 Å². The lowest BCUT2D eigenvalue weighted by atomic mass is 10.1. The van der Waals surface area contributed by atoms with Crippen molar-refractivity contribution in [3.63, 3.8) is 0 Å². The number of hydrogen-bond acceptors (Lipinski definition) is 6.